The van der Waals surface area contributed by atoms with Crippen LogP contribution in [0.3, 0.4) is 0 Å². The molecular weight excluding hydrogens is 268 g/mol. The number of likely N-dealkylation sites (N-methyl/N-ethyl adjacent to an activating group) is 1. The lowest BCUT2D eigenvalue weighted by Crippen LogP contribution is -2.24. The first-order chi connectivity index (χ1) is 9.79. The summed E-state index contributed by atoms with van der Waals surface area (Å²) in [7, 11) is 1.94. The van der Waals surface area contributed by atoms with E-state index in [1.807, 2.05) is 11.7 Å². The maximum Gasteiger partial charge on any atom is 0.138 e. The number of nitrogens with one attached hydrogen (secondary N) is 1. The molecule has 0 aliphatic rings. The van der Waals surface area contributed by atoms with Gasteiger partial charge in [0.1, 0.15) is 12.2 Å². The average Bonchev–Trinajstić information content (AvgIpc) is 3.05. The van der Waals surface area contributed by atoms with Crippen LogP contribution < -0.4 is 5.32 Å². The molecule has 104 valence electrons. The molecule has 1 N–H and O–H groups in total. The van der Waals surface area contributed by atoms with Crippen molar-refractivity contribution < 1.29 is 0 Å². The molecule has 2 heterocycles. The Balaban J connectivity index is 1.96. The molecule has 5 heteroatoms. The fourth-order valence-corrected chi connectivity index (χ4v) is 3.51. The van der Waals surface area contributed by atoms with E-state index in [2.05, 4.69) is 52.0 Å². The van der Waals surface area contributed by atoms with E-state index >= 15 is 0 Å². The zero-order valence-electron chi connectivity index (χ0n) is 11.7. The molecule has 1 unspecified atom stereocenters. The number of thiophene rings is 1. The summed E-state index contributed by atoms with van der Waals surface area (Å²) < 4.78 is 3.18. The van der Waals surface area contributed by atoms with E-state index in [1.165, 1.54) is 15.6 Å². The van der Waals surface area contributed by atoms with E-state index in [9.17, 15) is 0 Å². The van der Waals surface area contributed by atoms with Crippen LogP contribution in [0.2, 0.25) is 0 Å². The molecule has 3 aromatic rings. The van der Waals surface area contributed by atoms with Crippen LogP contribution in [0.4, 0.5) is 0 Å². The van der Waals surface area contributed by atoms with Crippen molar-refractivity contribution in [2.75, 3.05) is 6.54 Å². The minimum absolute atomic E-state index is 0.277. The van der Waals surface area contributed by atoms with Crippen molar-refractivity contribution in [1.82, 2.24) is 20.1 Å². The van der Waals surface area contributed by atoms with E-state index in [4.69, 9.17) is 0 Å². The van der Waals surface area contributed by atoms with Gasteiger partial charge in [0, 0.05) is 24.2 Å². The molecule has 0 amide bonds. The third kappa shape index (κ3) is 2.46. The molecular formula is C15H18N4S. The van der Waals surface area contributed by atoms with Gasteiger partial charge in [-0.25, -0.2) is 4.98 Å². The second-order valence-electron chi connectivity index (χ2n) is 4.80. The standard InChI is InChI=1S/C15H18N4S/c1-3-16-13(8-15-17-10-18-19(15)2)12-9-20-14-7-5-4-6-11(12)14/h4-7,9-10,13,16H,3,8H2,1-2H3. The second-order valence-corrected chi connectivity index (χ2v) is 5.71. The van der Waals surface area contributed by atoms with Gasteiger partial charge in [-0.05, 0) is 28.9 Å². The van der Waals surface area contributed by atoms with Gasteiger partial charge in [0.2, 0.25) is 0 Å². The molecule has 1 aromatic carbocycles. The first-order valence-corrected chi connectivity index (χ1v) is 7.70. The fourth-order valence-electron chi connectivity index (χ4n) is 2.49. The highest BCUT2D eigenvalue weighted by Crippen LogP contribution is 2.31. The van der Waals surface area contributed by atoms with Crippen molar-refractivity contribution in [3.63, 3.8) is 0 Å². The summed E-state index contributed by atoms with van der Waals surface area (Å²) in [5.41, 5.74) is 1.36. The lowest BCUT2D eigenvalue weighted by molar-refractivity contribution is 0.526. The minimum Gasteiger partial charge on any atom is -0.310 e. The molecule has 0 fully saturated rings. The maximum atomic E-state index is 4.34. The monoisotopic (exact) mass is 286 g/mol. The third-order valence-corrected chi connectivity index (χ3v) is 4.51. The van der Waals surface area contributed by atoms with Gasteiger partial charge in [0.25, 0.3) is 0 Å². The number of hydrogen-bond acceptors (Lipinski definition) is 4. The molecule has 0 bridgehead atoms. The van der Waals surface area contributed by atoms with E-state index in [0.29, 0.717) is 0 Å². The van der Waals surface area contributed by atoms with Gasteiger partial charge < -0.3 is 5.32 Å². The van der Waals surface area contributed by atoms with Crippen LogP contribution in [-0.2, 0) is 13.5 Å². The number of aromatic nitrogens is 3. The Bertz CT molecular complexity index is 701. The minimum atomic E-state index is 0.277. The zero-order valence-corrected chi connectivity index (χ0v) is 12.5. The van der Waals surface area contributed by atoms with Crippen molar-refractivity contribution in [3.05, 3.63) is 47.4 Å². The first-order valence-electron chi connectivity index (χ1n) is 6.82. The predicted molar refractivity (Wildman–Crippen MR) is 82.9 cm³/mol. The molecule has 0 saturated carbocycles. The van der Waals surface area contributed by atoms with Crippen LogP contribution in [-0.4, -0.2) is 21.3 Å². The smallest absolute Gasteiger partial charge is 0.138 e. The van der Waals surface area contributed by atoms with Crippen molar-refractivity contribution in [2.45, 2.75) is 19.4 Å². The van der Waals surface area contributed by atoms with Gasteiger partial charge in [-0.15, -0.1) is 11.3 Å². The van der Waals surface area contributed by atoms with E-state index in [1.54, 1.807) is 17.7 Å². The Hall–Kier alpha value is -1.72. The number of hydrogen-bond donors (Lipinski definition) is 1. The summed E-state index contributed by atoms with van der Waals surface area (Å²) in [5.74, 6) is 1.01. The second kappa shape index (κ2) is 5.73. The molecule has 0 aliphatic heterocycles. The van der Waals surface area contributed by atoms with Gasteiger partial charge in [-0.3, -0.25) is 4.68 Å². The Kier molecular flexibility index (Phi) is 3.80. The van der Waals surface area contributed by atoms with E-state index in [0.717, 1.165) is 18.8 Å². The molecule has 20 heavy (non-hydrogen) atoms. The van der Waals surface area contributed by atoms with Gasteiger partial charge in [0.15, 0.2) is 0 Å². The summed E-state index contributed by atoms with van der Waals surface area (Å²) in [5, 5.41) is 11.3. The van der Waals surface area contributed by atoms with Gasteiger partial charge in [-0.2, -0.15) is 5.10 Å². The summed E-state index contributed by atoms with van der Waals surface area (Å²) in [6.45, 7) is 3.07. The van der Waals surface area contributed by atoms with Crippen LogP contribution in [0.25, 0.3) is 10.1 Å². The van der Waals surface area contributed by atoms with Crippen LogP contribution in [0.5, 0.6) is 0 Å². The van der Waals surface area contributed by atoms with E-state index in [-0.39, 0.29) is 6.04 Å². The quantitative estimate of drug-likeness (QED) is 0.784. The van der Waals surface area contributed by atoms with Gasteiger partial charge >= 0.3 is 0 Å². The molecule has 0 saturated heterocycles. The van der Waals surface area contributed by atoms with Crippen LogP contribution in [0.1, 0.15) is 24.4 Å². The number of fused-ring (bicyclic) bond motifs is 1. The third-order valence-electron chi connectivity index (χ3n) is 3.53. The van der Waals surface area contributed by atoms with Crippen LogP contribution in [0.15, 0.2) is 36.0 Å². The number of rotatable bonds is 5. The number of aryl methyl sites for hydroxylation is 1. The zero-order chi connectivity index (χ0) is 13.9. The summed E-state index contributed by atoms with van der Waals surface area (Å²) in [6.07, 6.45) is 2.47. The van der Waals surface area contributed by atoms with Crippen LogP contribution in [0, 0.1) is 0 Å². The average molecular weight is 286 g/mol. The lowest BCUT2D eigenvalue weighted by atomic mass is 10.0. The Labute approximate surface area is 122 Å². The van der Waals surface area contributed by atoms with Crippen molar-refractivity contribution in [3.8, 4) is 0 Å². The SMILES string of the molecule is CCNC(Cc1ncnn1C)c1csc2ccccc12. The molecule has 1 atom stereocenters. The molecule has 3 rings (SSSR count). The van der Waals surface area contributed by atoms with Crippen molar-refractivity contribution >= 4 is 21.4 Å². The predicted octanol–water partition coefficient (Wildman–Crippen LogP) is 2.92. The fraction of sp³-hybridized carbons (Fsp3) is 0.333. The molecule has 0 radical (unpaired) electrons. The lowest BCUT2D eigenvalue weighted by Gasteiger charge is -2.17. The highest BCUT2D eigenvalue weighted by molar-refractivity contribution is 7.17. The van der Waals surface area contributed by atoms with Crippen molar-refractivity contribution in [1.29, 1.82) is 0 Å². The largest absolute Gasteiger partial charge is 0.310 e. The van der Waals surface area contributed by atoms with Crippen molar-refractivity contribution in [2.24, 2.45) is 7.05 Å². The highest BCUT2D eigenvalue weighted by atomic mass is 32.1. The summed E-state index contributed by atoms with van der Waals surface area (Å²) >= 11 is 1.80. The molecule has 0 spiro atoms. The Morgan fingerprint density at radius 3 is 2.95 bits per heavy atom. The summed E-state index contributed by atoms with van der Waals surface area (Å²) in [4.78, 5) is 4.34. The van der Waals surface area contributed by atoms with Gasteiger partial charge in [0.05, 0.1) is 0 Å². The summed E-state index contributed by atoms with van der Waals surface area (Å²) in [6, 6.07) is 8.84. The Morgan fingerprint density at radius 1 is 1.35 bits per heavy atom. The highest BCUT2D eigenvalue weighted by Gasteiger charge is 2.17. The van der Waals surface area contributed by atoms with E-state index < -0.39 is 0 Å². The molecule has 4 nitrogen and oxygen atoms in total. The topological polar surface area (TPSA) is 42.7 Å². The maximum absolute atomic E-state index is 4.34. The van der Waals surface area contributed by atoms with Crippen LogP contribution >= 0.6 is 11.3 Å². The number of nitrogens with zero attached hydrogens (tertiary/aromatic N) is 3. The molecule has 2 aromatic heterocycles. The number of benzene rings is 1. The normalized spacial score (nSPS) is 12.9. The first kappa shape index (κ1) is 13.3. The Morgan fingerprint density at radius 2 is 2.20 bits per heavy atom. The van der Waals surface area contributed by atoms with Gasteiger partial charge in [-0.1, -0.05) is 25.1 Å². The molecule has 0 aliphatic carbocycles.